The summed E-state index contributed by atoms with van der Waals surface area (Å²) >= 11 is 5.87. The minimum Gasteiger partial charge on any atom is -0.377 e. The summed E-state index contributed by atoms with van der Waals surface area (Å²) in [5.74, 6) is -0.221. The van der Waals surface area contributed by atoms with Crippen molar-refractivity contribution in [2.24, 2.45) is 0 Å². The SMILES string of the molecule is CC(NC(=O)c1cc(NC(=O)Nc2ccc(Cl)cc2)ccc1N(C)C)c1ccccc1. The lowest BCUT2D eigenvalue weighted by Gasteiger charge is -2.20. The van der Waals surface area contributed by atoms with Crippen LogP contribution in [-0.4, -0.2) is 26.0 Å². The molecule has 0 spiro atoms. The molecule has 7 heteroatoms. The Bertz CT molecular complexity index is 1050. The number of hydrogen-bond donors (Lipinski definition) is 3. The van der Waals surface area contributed by atoms with Gasteiger partial charge in [-0.3, -0.25) is 4.79 Å². The quantitative estimate of drug-likeness (QED) is 0.475. The Balaban J connectivity index is 1.76. The van der Waals surface area contributed by atoms with E-state index in [0.717, 1.165) is 11.3 Å². The van der Waals surface area contributed by atoms with Crippen molar-refractivity contribution in [3.63, 3.8) is 0 Å². The Morgan fingerprint density at radius 2 is 1.48 bits per heavy atom. The van der Waals surface area contributed by atoms with Gasteiger partial charge >= 0.3 is 6.03 Å². The predicted molar refractivity (Wildman–Crippen MR) is 127 cm³/mol. The minimum atomic E-state index is -0.413. The minimum absolute atomic E-state index is 0.159. The van der Waals surface area contributed by atoms with Crippen LogP contribution in [0.2, 0.25) is 5.02 Å². The zero-order chi connectivity index (χ0) is 22.4. The summed E-state index contributed by atoms with van der Waals surface area (Å²) in [5, 5.41) is 9.12. The van der Waals surface area contributed by atoms with E-state index in [1.165, 1.54) is 0 Å². The van der Waals surface area contributed by atoms with E-state index in [-0.39, 0.29) is 11.9 Å². The molecule has 3 amide bonds. The Morgan fingerprint density at radius 3 is 2.13 bits per heavy atom. The van der Waals surface area contributed by atoms with Crippen molar-refractivity contribution in [2.45, 2.75) is 13.0 Å². The van der Waals surface area contributed by atoms with E-state index in [9.17, 15) is 9.59 Å². The smallest absolute Gasteiger partial charge is 0.323 e. The molecule has 1 unspecified atom stereocenters. The largest absolute Gasteiger partial charge is 0.377 e. The van der Waals surface area contributed by atoms with Crippen molar-refractivity contribution < 1.29 is 9.59 Å². The second-order valence-electron chi connectivity index (χ2n) is 7.32. The molecule has 3 rings (SSSR count). The number of carbonyl (C=O) groups excluding carboxylic acids is 2. The molecule has 160 valence electrons. The molecule has 0 aliphatic heterocycles. The molecular weight excluding hydrogens is 412 g/mol. The van der Waals surface area contributed by atoms with E-state index in [0.29, 0.717) is 22.0 Å². The molecule has 0 aliphatic carbocycles. The first kappa shape index (κ1) is 22.2. The van der Waals surface area contributed by atoms with Crippen molar-refractivity contribution in [1.82, 2.24) is 5.32 Å². The summed E-state index contributed by atoms with van der Waals surface area (Å²) < 4.78 is 0. The van der Waals surface area contributed by atoms with Gasteiger partial charge in [0.1, 0.15) is 0 Å². The maximum absolute atomic E-state index is 13.0. The average Bonchev–Trinajstić information content (AvgIpc) is 2.75. The first-order valence-corrected chi connectivity index (χ1v) is 10.2. The molecule has 0 fully saturated rings. The van der Waals surface area contributed by atoms with Crippen LogP contribution in [0.25, 0.3) is 0 Å². The number of rotatable bonds is 6. The van der Waals surface area contributed by atoms with E-state index in [1.807, 2.05) is 56.3 Å². The zero-order valence-electron chi connectivity index (χ0n) is 17.6. The molecule has 0 aliphatic rings. The number of carbonyl (C=O) groups is 2. The van der Waals surface area contributed by atoms with Gasteiger partial charge in [-0.2, -0.15) is 0 Å². The highest BCUT2D eigenvalue weighted by molar-refractivity contribution is 6.30. The summed E-state index contributed by atoms with van der Waals surface area (Å²) in [6.07, 6.45) is 0. The molecule has 3 aromatic carbocycles. The molecule has 0 saturated carbocycles. The van der Waals surface area contributed by atoms with Crippen LogP contribution in [0.15, 0.2) is 72.8 Å². The first-order chi connectivity index (χ1) is 14.8. The van der Waals surface area contributed by atoms with Gasteiger partial charge in [0.05, 0.1) is 11.6 Å². The van der Waals surface area contributed by atoms with Crippen LogP contribution >= 0.6 is 11.6 Å². The number of nitrogens with one attached hydrogen (secondary N) is 3. The molecule has 0 aromatic heterocycles. The van der Waals surface area contributed by atoms with E-state index < -0.39 is 6.03 Å². The van der Waals surface area contributed by atoms with Gasteiger partial charge in [0.25, 0.3) is 5.91 Å². The highest BCUT2D eigenvalue weighted by Crippen LogP contribution is 2.24. The standard InChI is InChI=1S/C24H25ClN4O2/c1-16(17-7-5-4-6-8-17)26-23(30)21-15-20(13-14-22(21)29(2)3)28-24(31)27-19-11-9-18(25)10-12-19/h4-16H,1-3H3,(H,26,30)(H2,27,28,31). The van der Waals surface area contributed by atoms with E-state index in [2.05, 4.69) is 16.0 Å². The molecule has 3 aromatic rings. The van der Waals surface area contributed by atoms with Crippen molar-refractivity contribution in [1.29, 1.82) is 0 Å². The average molecular weight is 437 g/mol. The van der Waals surface area contributed by atoms with Gasteiger partial charge in [-0.1, -0.05) is 41.9 Å². The number of hydrogen-bond acceptors (Lipinski definition) is 3. The molecule has 1 atom stereocenters. The van der Waals surface area contributed by atoms with E-state index >= 15 is 0 Å². The monoisotopic (exact) mass is 436 g/mol. The number of anilines is 3. The fraction of sp³-hybridized carbons (Fsp3) is 0.167. The fourth-order valence-corrected chi connectivity index (χ4v) is 3.24. The molecule has 0 bridgehead atoms. The lowest BCUT2D eigenvalue weighted by Crippen LogP contribution is -2.28. The third-order valence-corrected chi connectivity index (χ3v) is 4.98. The maximum atomic E-state index is 13.0. The summed E-state index contributed by atoms with van der Waals surface area (Å²) in [6, 6.07) is 21.2. The van der Waals surface area contributed by atoms with Crippen LogP contribution < -0.4 is 20.9 Å². The van der Waals surface area contributed by atoms with Crippen LogP contribution in [0.4, 0.5) is 21.9 Å². The fourth-order valence-electron chi connectivity index (χ4n) is 3.11. The zero-order valence-corrected chi connectivity index (χ0v) is 18.4. The van der Waals surface area contributed by atoms with Gasteiger partial charge < -0.3 is 20.9 Å². The van der Waals surface area contributed by atoms with E-state index in [4.69, 9.17) is 11.6 Å². The number of urea groups is 1. The Hall–Kier alpha value is -3.51. The van der Waals surface area contributed by atoms with Gasteiger partial charge in [0.2, 0.25) is 0 Å². The van der Waals surface area contributed by atoms with Crippen LogP contribution in [0, 0.1) is 0 Å². The highest BCUT2D eigenvalue weighted by Gasteiger charge is 2.17. The molecule has 6 nitrogen and oxygen atoms in total. The number of benzene rings is 3. The molecule has 3 N–H and O–H groups in total. The molecular formula is C24H25ClN4O2. The normalized spacial score (nSPS) is 11.4. The molecule has 31 heavy (non-hydrogen) atoms. The van der Waals surface area contributed by atoms with Crippen molar-refractivity contribution in [2.75, 3.05) is 29.6 Å². The maximum Gasteiger partial charge on any atom is 0.323 e. The summed E-state index contributed by atoms with van der Waals surface area (Å²) in [4.78, 5) is 27.3. The van der Waals surface area contributed by atoms with Gasteiger partial charge in [-0.15, -0.1) is 0 Å². The molecule has 0 heterocycles. The van der Waals surface area contributed by atoms with Crippen molar-refractivity contribution in [3.8, 4) is 0 Å². The summed E-state index contributed by atoms with van der Waals surface area (Å²) in [7, 11) is 3.74. The summed E-state index contributed by atoms with van der Waals surface area (Å²) in [5.41, 5.74) is 3.36. The van der Waals surface area contributed by atoms with Crippen molar-refractivity contribution in [3.05, 3.63) is 88.9 Å². The Labute approximate surface area is 187 Å². The lowest BCUT2D eigenvalue weighted by atomic mass is 10.1. The van der Waals surface area contributed by atoms with Gasteiger partial charge in [-0.25, -0.2) is 4.79 Å². The van der Waals surface area contributed by atoms with Crippen LogP contribution in [0.1, 0.15) is 28.9 Å². The number of nitrogens with zero attached hydrogens (tertiary/aromatic N) is 1. The second-order valence-corrected chi connectivity index (χ2v) is 7.75. The van der Waals surface area contributed by atoms with Crippen LogP contribution in [0.5, 0.6) is 0 Å². The lowest BCUT2D eigenvalue weighted by molar-refractivity contribution is 0.0940. The topological polar surface area (TPSA) is 73.5 Å². The number of amides is 3. The highest BCUT2D eigenvalue weighted by atomic mass is 35.5. The molecule has 0 saturated heterocycles. The third-order valence-electron chi connectivity index (χ3n) is 4.73. The Kier molecular flexibility index (Phi) is 7.15. The predicted octanol–water partition coefficient (Wildman–Crippen LogP) is 5.54. The molecule has 0 radical (unpaired) electrons. The first-order valence-electron chi connectivity index (χ1n) is 9.84. The number of halogens is 1. The summed E-state index contributed by atoms with van der Waals surface area (Å²) in [6.45, 7) is 1.93. The second kappa shape index (κ2) is 10.00. The van der Waals surface area contributed by atoms with Crippen molar-refractivity contribution >= 4 is 40.6 Å². The van der Waals surface area contributed by atoms with E-state index in [1.54, 1.807) is 42.5 Å². The van der Waals surface area contributed by atoms with Crippen LogP contribution in [0.3, 0.4) is 0 Å². The van der Waals surface area contributed by atoms with Gasteiger partial charge in [0.15, 0.2) is 0 Å². The van der Waals surface area contributed by atoms with Gasteiger partial charge in [0, 0.05) is 36.2 Å². The Morgan fingerprint density at radius 1 is 0.871 bits per heavy atom. The van der Waals surface area contributed by atoms with Crippen LogP contribution in [-0.2, 0) is 0 Å². The van der Waals surface area contributed by atoms with Gasteiger partial charge in [-0.05, 0) is 55.0 Å². The third kappa shape index (κ3) is 5.99.